The lowest BCUT2D eigenvalue weighted by atomic mass is 10.2. The third-order valence-electron chi connectivity index (χ3n) is 3.18. The van der Waals surface area contributed by atoms with Crippen molar-refractivity contribution >= 4 is 18.1 Å². The summed E-state index contributed by atoms with van der Waals surface area (Å²) in [6, 6.07) is 2.39. The molecule has 0 bridgehead atoms. The van der Waals surface area contributed by atoms with Crippen molar-refractivity contribution in [3.05, 3.63) is 30.4 Å². The quantitative estimate of drug-likeness (QED) is 0.855. The smallest absolute Gasteiger partial charge is 0.109 e. The number of anilines is 1. The zero-order valence-corrected chi connectivity index (χ0v) is 12.6. The van der Waals surface area contributed by atoms with Crippen LogP contribution in [-0.4, -0.2) is 26.2 Å². The molecule has 0 saturated heterocycles. The number of aryl methyl sites for hydroxylation is 1. The predicted octanol–water partition coefficient (Wildman–Crippen LogP) is 3.05. The molecular weight excluding hydrogens is 281 g/mol. The van der Waals surface area contributed by atoms with Gasteiger partial charge < -0.3 is 5.32 Å². The average Bonchev–Trinajstić information content (AvgIpc) is 3.04. The summed E-state index contributed by atoms with van der Waals surface area (Å²) in [6.07, 6.45) is 6.38. The van der Waals surface area contributed by atoms with Gasteiger partial charge in [-0.05, 0) is 19.4 Å². The van der Waals surface area contributed by atoms with Gasteiger partial charge in [-0.15, -0.1) is 12.4 Å². The van der Waals surface area contributed by atoms with Gasteiger partial charge in [0.15, 0.2) is 0 Å². The van der Waals surface area contributed by atoms with E-state index < -0.39 is 6.67 Å². The van der Waals surface area contributed by atoms with Crippen LogP contribution >= 0.6 is 12.4 Å². The third-order valence-corrected chi connectivity index (χ3v) is 3.18. The highest BCUT2D eigenvalue weighted by molar-refractivity contribution is 5.85. The van der Waals surface area contributed by atoms with Gasteiger partial charge in [-0.1, -0.05) is 6.92 Å². The van der Waals surface area contributed by atoms with Crippen molar-refractivity contribution in [2.45, 2.75) is 39.4 Å². The van der Waals surface area contributed by atoms with Crippen LogP contribution in [0.5, 0.6) is 0 Å². The zero-order valence-electron chi connectivity index (χ0n) is 11.8. The van der Waals surface area contributed by atoms with E-state index in [1.807, 2.05) is 23.1 Å². The first kappa shape index (κ1) is 16.5. The predicted molar refractivity (Wildman–Crippen MR) is 80.0 cm³/mol. The van der Waals surface area contributed by atoms with Crippen LogP contribution in [0, 0.1) is 0 Å². The van der Waals surface area contributed by atoms with Gasteiger partial charge in [-0.25, -0.2) is 4.39 Å². The van der Waals surface area contributed by atoms with Crippen molar-refractivity contribution in [1.82, 2.24) is 19.6 Å². The summed E-state index contributed by atoms with van der Waals surface area (Å²) in [7, 11) is 0. The van der Waals surface area contributed by atoms with Crippen molar-refractivity contribution in [2.75, 3.05) is 12.0 Å². The molecule has 0 aromatic carbocycles. The SMILES string of the molecule is CCC(C)n1nccc1CNc1cnn(CCF)c1.Cl. The van der Waals surface area contributed by atoms with Crippen LogP contribution in [-0.2, 0) is 13.1 Å². The van der Waals surface area contributed by atoms with Crippen LogP contribution in [0.2, 0.25) is 0 Å². The summed E-state index contributed by atoms with van der Waals surface area (Å²) in [5.74, 6) is 0. The number of aromatic nitrogens is 4. The van der Waals surface area contributed by atoms with Gasteiger partial charge in [0.1, 0.15) is 6.67 Å². The van der Waals surface area contributed by atoms with Crippen molar-refractivity contribution < 1.29 is 4.39 Å². The van der Waals surface area contributed by atoms with Gasteiger partial charge in [0.2, 0.25) is 0 Å². The molecular formula is C13H21ClFN5. The summed E-state index contributed by atoms with van der Waals surface area (Å²) < 4.78 is 15.8. The molecule has 0 radical (unpaired) electrons. The van der Waals surface area contributed by atoms with Crippen molar-refractivity contribution in [3.8, 4) is 0 Å². The van der Waals surface area contributed by atoms with E-state index in [0.717, 1.165) is 17.8 Å². The molecule has 0 amide bonds. The fourth-order valence-electron chi connectivity index (χ4n) is 1.91. The Morgan fingerprint density at radius 1 is 1.40 bits per heavy atom. The van der Waals surface area contributed by atoms with Crippen molar-refractivity contribution in [1.29, 1.82) is 0 Å². The normalized spacial score (nSPS) is 11.9. The van der Waals surface area contributed by atoms with E-state index in [2.05, 4.69) is 29.4 Å². The van der Waals surface area contributed by atoms with Crippen LogP contribution < -0.4 is 5.32 Å². The summed E-state index contributed by atoms with van der Waals surface area (Å²) in [4.78, 5) is 0. The lowest BCUT2D eigenvalue weighted by Gasteiger charge is -2.14. The number of nitrogens with one attached hydrogen (secondary N) is 1. The monoisotopic (exact) mass is 301 g/mol. The van der Waals surface area contributed by atoms with Crippen LogP contribution in [0.4, 0.5) is 10.1 Å². The highest BCUT2D eigenvalue weighted by Crippen LogP contribution is 2.14. The van der Waals surface area contributed by atoms with Gasteiger partial charge >= 0.3 is 0 Å². The molecule has 0 aliphatic heterocycles. The summed E-state index contributed by atoms with van der Waals surface area (Å²) in [5, 5.41) is 11.7. The van der Waals surface area contributed by atoms with Crippen molar-refractivity contribution in [3.63, 3.8) is 0 Å². The fourth-order valence-corrected chi connectivity index (χ4v) is 1.91. The molecule has 0 aliphatic rings. The Morgan fingerprint density at radius 2 is 2.20 bits per heavy atom. The molecule has 2 rings (SSSR count). The molecule has 0 fully saturated rings. The maximum absolute atomic E-state index is 12.2. The molecule has 2 heterocycles. The van der Waals surface area contributed by atoms with Gasteiger partial charge in [0.05, 0.1) is 30.7 Å². The second-order valence-corrected chi connectivity index (χ2v) is 4.56. The number of halogens is 2. The second-order valence-electron chi connectivity index (χ2n) is 4.56. The number of rotatable bonds is 7. The summed E-state index contributed by atoms with van der Waals surface area (Å²) in [6.45, 7) is 4.88. The summed E-state index contributed by atoms with van der Waals surface area (Å²) in [5.41, 5.74) is 2.03. The first-order valence-electron chi connectivity index (χ1n) is 6.59. The molecule has 20 heavy (non-hydrogen) atoms. The molecule has 0 saturated carbocycles. The Bertz CT molecular complexity index is 510. The van der Waals surface area contributed by atoms with Crippen LogP contribution in [0.15, 0.2) is 24.7 Å². The standard InChI is InChI=1S/C13H20FN5.ClH/c1-3-11(2)19-13(4-6-16-19)9-15-12-8-17-18(10-12)7-5-14;/h4,6,8,10-11,15H,3,5,7,9H2,1-2H3;1H. The molecule has 2 aromatic rings. The van der Waals surface area contributed by atoms with Crippen LogP contribution in [0.25, 0.3) is 0 Å². The largest absolute Gasteiger partial charge is 0.377 e. The maximum Gasteiger partial charge on any atom is 0.109 e. The third kappa shape index (κ3) is 3.96. The first-order chi connectivity index (χ1) is 9.24. The van der Waals surface area contributed by atoms with E-state index in [1.165, 1.54) is 0 Å². The molecule has 2 aromatic heterocycles. The topological polar surface area (TPSA) is 47.7 Å². The molecule has 1 N–H and O–H groups in total. The van der Waals surface area contributed by atoms with E-state index >= 15 is 0 Å². The first-order valence-corrected chi connectivity index (χ1v) is 6.59. The Kier molecular flexibility index (Phi) is 6.51. The molecule has 0 spiro atoms. The van der Waals surface area contributed by atoms with E-state index in [-0.39, 0.29) is 12.4 Å². The van der Waals surface area contributed by atoms with Crippen LogP contribution in [0.3, 0.4) is 0 Å². The van der Waals surface area contributed by atoms with Gasteiger partial charge in [-0.3, -0.25) is 9.36 Å². The minimum absolute atomic E-state index is 0. The highest BCUT2D eigenvalue weighted by atomic mass is 35.5. The summed E-state index contributed by atoms with van der Waals surface area (Å²) >= 11 is 0. The van der Waals surface area contributed by atoms with E-state index in [4.69, 9.17) is 0 Å². The lowest BCUT2D eigenvalue weighted by molar-refractivity contribution is 0.427. The molecule has 7 heteroatoms. The second kappa shape index (κ2) is 7.89. The minimum atomic E-state index is -0.401. The Labute approximate surface area is 124 Å². The highest BCUT2D eigenvalue weighted by Gasteiger charge is 2.08. The molecule has 112 valence electrons. The van der Waals surface area contributed by atoms with Gasteiger partial charge in [0, 0.05) is 18.4 Å². The minimum Gasteiger partial charge on any atom is -0.377 e. The van der Waals surface area contributed by atoms with Crippen LogP contribution in [0.1, 0.15) is 32.0 Å². The number of alkyl halides is 1. The Balaban J connectivity index is 0.00000200. The Hall–Kier alpha value is -1.56. The zero-order chi connectivity index (χ0) is 13.7. The van der Waals surface area contributed by atoms with E-state index in [1.54, 1.807) is 10.9 Å². The molecule has 0 aliphatic carbocycles. The molecule has 1 atom stereocenters. The number of hydrogen-bond donors (Lipinski definition) is 1. The Morgan fingerprint density at radius 3 is 2.90 bits per heavy atom. The van der Waals surface area contributed by atoms with Crippen molar-refractivity contribution in [2.24, 2.45) is 0 Å². The number of hydrogen-bond acceptors (Lipinski definition) is 3. The lowest BCUT2D eigenvalue weighted by Crippen LogP contribution is -2.12. The maximum atomic E-state index is 12.2. The van der Waals surface area contributed by atoms with E-state index in [9.17, 15) is 4.39 Å². The molecule has 5 nitrogen and oxygen atoms in total. The van der Waals surface area contributed by atoms with E-state index in [0.29, 0.717) is 19.1 Å². The fraction of sp³-hybridized carbons (Fsp3) is 0.538. The number of nitrogens with zero attached hydrogens (tertiary/aromatic N) is 4. The molecule has 1 unspecified atom stereocenters. The van der Waals surface area contributed by atoms with Gasteiger partial charge in [0.25, 0.3) is 0 Å². The average molecular weight is 302 g/mol. The van der Waals surface area contributed by atoms with Gasteiger partial charge in [-0.2, -0.15) is 10.2 Å².